The predicted molar refractivity (Wildman–Crippen MR) is 131 cm³/mol. The third kappa shape index (κ3) is 4.16. The van der Waals surface area contributed by atoms with Crippen LogP contribution in [0.15, 0.2) is 23.8 Å². The van der Waals surface area contributed by atoms with Crippen molar-refractivity contribution in [3.8, 4) is 0 Å². The number of carbonyl (C=O) groups excluding carboxylic acids is 2. The Morgan fingerprint density at radius 3 is 2.57 bits per heavy atom. The zero-order valence-electron chi connectivity index (χ0n) is 21.2. The second kappa shape index (κ2) is 9.99. The molecule has 0 spiro atoms. The van der Waals surface area contributed by atoms with E-state index in [2.05, 4.69) is 6.92 Å². The summed E-state index contributed by atoms with van der Waals surface area (Å²) < 4.78 is 17.4. The number of aliphatic hydroxyl groups is 2. The molecule has 0 heterocycles. The average molecular weight is 511 g/mol. The second-order valence-corrected chi connectivity index (χ2v) is 11.2. The summed E-state index contributed by atoms with van der Waals surface area (Å²) in [4.78, 5) is 25.3. The van der Waals surface area contributed by atoms with Crippen molar-refractivity contribution >= 4 is 23.2 Å². The summed E-state index contributed by atoms with van der Waals surface area (Å²) >= 11 is 6.02. The maximum atomic E-state index is 13.2. The summed E-state index contributed by atoms with van der Waals surface area (Å²) in [5.74, 6) is -0.936. The fourth-order valence-electron chi connectivity index (χ4n) is 7.81. The Labute approximate surface area is 212 Å². The zero-order chi connectivity index (χ0) is 25.6. The van der Waals surface area contributed by atoms with E-state index in [1.54, 1.807) is 12.2 Å². The van der Waals surface area contributed by atoms with Crippen molar-refractivity contribution in [1.82, 2.24) is 0 Å². The fourth-order valence-corrected chi connectivity index (χ4v) is 8.02. The van der Waals surface area contributed by atoms with Crippen LogP contribution >= 0.6 is 11.6 Å². The first kappa shape index (κ1) is 27.0. The maximum absolute atomic E-state index is 13.2. The molecule has 0 aromatic rings. The molecule has 4 aliphatic carbocycles. The van der Waals surface area contributed by atoms with Gasteiger partial charge in [-0.15, -0.1) is 11.6 Å². The van der Waals surface area contributed by atoms with Crippen LogP contribution in [0, 0.1) is 28.6 Å². The third-order valence-electron chi connectivity index (χ3n) is 9.38. The standard InChI is InChI=1S/C27H39ClO7/c1-5-33-23(34-6-2)15-35-22-12-19-18-8-7-16-11-17(29)9-10-25(16,3)24(18)20(30)13-26(19,4)27(22,32)21(31)14-28/h9-11,18-20,22-24,30,32H,5-8,12-15H2,1-4H3/t18-,19-,20?,22?,24+,25-,26-,27+/m0/s1. The number of alkyl halides is 1. The van der Waals surface area contributed by atoms with E-state index in [0.29, 0.717) is 19.6 Å². The Hall–Kier alpha value is -1.09. The lowest BCUT2D eigenvalue weighted by Crippen LogP contribution is -2.64. The van der Waals surface area contributed by atoms with Crippen LogP contribution in [0.25, 0.3) is 0 Å². The van der Waals surface area contributed by atoms with Gasteiger partial charge in [0.2, 0.25) is 0 Å². The SMILES string of the molecule is CCOC(COC1C[C@H]2[C@@H]3CCC4=CC(=O)C=C[C@]4(C)[C@H]3C(O)C[C@]2(C)[C@@]1(O)C(=O)CCl)OCC. The van der Waals surface area contributed by atoms with Gasteiger partial charge >= 0.3 is 0 Å². The summed E-state index contributed by atoms with van der Waals surface area (Å²) in [6.07, 6.45) is 5.39. The number of allylic oxidation sites excluding steroid dienone is 4. The Balaban J connectivity index is 1.67. The molecule has 0 saturated heterocycles. The van der Waals surface area contributed by atoms with Crippen LogP contribution in [0.4, 0.5) is 0 Å². The molecule has 0 aromatic carbocycles. The van der Waals surface area contributed by atoms with E-state index in [0.717, 1.165) is 18.4 Å². The number of rotatable bonds is 9. The first-order valence-corrected chi connectivity index (χ1v) is 13.4. The second-order valence-electron chi connectivity index (χ2n) is 10.9. The number of ketones is 2. The monoisotopic (exact) mass is 510 g/mol. The number of ether oxygens (including phenoxy) is 3. The average Bonchev–Trinajstić information content (AvgIpc) is 3.04. The smallest absolute Gasteiger partial charge is 0.182 e. The largest absolute Gasteiger partial charge is 0.393 e. The fraction of sp³-hybridized carbons (Fsp3) is 0.778. The molecule has 8 heteroatoms. The van der Waals surface area contributed by atoms with E-state index >= 15 is 0 Å². The Bertz CT molecular complexity index is 896. The minimum absolute atomic E-state index is 0.0133. The summed E-state index contributed by atoms with van der Waals surface area (Å²) in [5.41, 5.74) is -2.10. The number of aliphatic hydroxyl groups excluding tert-OH is 1. The van der Waals surface area contributed by atoms with Crippen molar-refractivity contribution < 1.29 is 34.0 Å². The van der Waals surface area contributed by atoms with Crippen LogP contribution in [0.1, 0.15) is 53.4 Å². The van der Waals surface area contributed by atoms with Gasteiger partial charge in [0.1, 0.15) is 0 Å². The minimum atomic E-state index is -1.83. The molecule has 0 aromatic heterocycles. The quantitative estimate of drug-likeness (QED) is 0.362. The van der Waals surface area contributed by atoms with Gasteiger partial charge in [0.25, 0.3) is 0 Å². The molecule has 35 heavy (non-hydrogen) atoms. The van der Waals surface area contributed by atoms with Crippen molar-refractivity contribution in [2.45, 2.75) is 77.5 Å². The summed E-state index contributed by atoms with van der Waals surface area (Å²) in [7, 11) is 0. The van der Waals surface area contributed by atoms with Gasteiger partial charge in [-0.3, -0.25) is 9.59 Å². The summed E-state index contributed by atoms with van der Waals surface area (Å²) in [6.45, 7) is 8.71. The highest BCUT2D eigenvalue weighted by Crippen LogP contribution is 2.67. The topological polar surface area (TPSA) is 102 Å². The first-order valence-electron chi connectivity index (χ1n) is 12.9. The Morgan fingerprint density at radius 2 is 1.94 bits per heavy atom. The molecular weight excluding hydrogens is 472 g/mol. The number of Topliss-reactive ketones (excluding diaryl/α,β-unsaturated/α-hetero) is 1. The van der Waals surface area contributed by atoms with Crippen LogP contribution < -0.4 is 0 Å². The van der Waals surface area contributed by atoms with Crippen LogP contribution in [-0.2, 0) is 23.8 Å². The Kier molecular flexibility index (Phi) is 7.70. The van der Waals surface area contributed by atoms with E-state index in [-0.39, 0.29) is 42.4 Å². The van der Waals surface area contributed by atoms with Gasteiger partial charge < -0.3 is 24.4 Å². The molecule has 8 atom stereocenters. The van der Waals surface area contributed by atoms with Crippen molar-refractivity contribution in [2.75, 3.05) is 25.7 Å². The molecule has 0 bridgehead atoms. The van der Waals surface area contributed by atoms with Gasteiger partial charge in [-0.25, -0.2) is 0 Å². The van der Waals surface area contributed by atoms with E-state index in [1.165, 1.54) is 0 Å². The zero-order valence-corrected chi connectivity index (χ0v) is 21.9. The third-order valence-corrected chi connectivity index (χ3v) is 9.62. The molecule has 3 saturated carbocycles. The molecule has 4 aliphatic rings. The summed E-state index contributed by atoms with van der Waals surface area (Å²) in [5, 5.41) is 23.6. The van der Waals surface area contributed by atoms with Gasteiger partial charge in [0.05, 0.1) is 24.7 Å². The summed E-state index contributed by atoms with van der Waals surface area (Å²) in [6, 6.07) is 0. The van der Waals surface area contributed by atoms with Crippen LogP contribution in [0.5, 0.6) is 0 Å². The lowest BCUT2D eigenvalue weighted by atomic mass is 9.46. The molecule has 0 amide bonds. The van der Waals surface area contributed by atoms with Crippen LogP contribution in [0.2, 0.25) is 0 Å². The number of carbonyl (C=O) groups is 2. The normalized spacial score (nSPS) is 42.5. The highest BCUT2D eigenvalue weighted by Gasteiger charge is 2.71. The predicted octanol–water partition coefficient (Wildman–Crippen LogP) is 3.20. The molecule has 196 valence electrons. The lowest BCUT2D eigenvalue weighted by Gasteiger charge is -2.59. The number of hydrogen-bond acceptors (Lipinski definition) is 7. The molecule has 0 radical (unpaired) electrons. The van der Waals surface area contributed by atoms with E-state index in [4.69, 9.17) is 25.8 Å². The van der Waals surface area contributed by atoms with Crippen molar-refractivity contribution in [3.05, 3.63) is 23.8 Å². The van der Waals surface area contributed by atoms with Crippen LogP contribution in [-0.4, -0.2) is 71.6 Å². The van der Waals surface area contributed by atoms with E-state index in [9.17, 15) is 19.8 Å². The lowest BCUT2D eigenvalue weighted by molar-refractivity contribution is -0.211. The molecular formula is C27H39ClO7. The number of hydrogen-bond donors (Lipinski definition) is 2. The van der Waals surface area contributed by atoms with Gasteiger partial charge in [0, 0.05) is 30.0 Å². The molecule has 7 nitrogen and oxygen atoms in total. The van der Waals surface area contributed by atoms with Crippen molar-refractivity contribution in [3.63, 3.8) is 0 Å². The molecule has 2 N–H and O–H groups in total. The molecule has 0 aliphatic heterocycles. The number of fused-ring (bicyclic) bond motifs is 5. The van der Waals surface area contributed by atoms with Crippen LogP contribution in [0.3, 0.4) is 0 Å². The molecule has 3 fully saturated rings. The maximum Gasteiger partial charge on any atom is 0.182 e. The van der Waals surface area contributed by atoms with Gasteiger partial charge in [-0.05, 0) is 63.5 Å². The van der Waals surface area contributed by atoms with Gasteiger partial charge in [-0.2, -0.15) is 0 Å². The van der Waals surface area contributed by atoms with E-state index < -0.39 is 40.7 Å². The molecule has 4 rings (SSSR count). The van der Waals surface area contributed by atoms with Gasteiger partial charge in [0.15, 0.2) is 23.5 Å². The Morgan fingerprint density at radius 1 is 1.26 bits per heavy atom. The van der Waals surface area contributed by atoms with E-state index in [1.807, 2.05) is 26.8 Å². The van der Waals surface area contributed by atoms with Gasteiger partial charge in [-0.1, -0.05) is 25.5 Å². The highest BCUT2D eigenvalue weighted by atomic mass is 35.5. The minimum Gasteiger partial charge on any atom is -0.393 e. The number of halogens is 1. The van der Waals surface area contributed by atoms with Crippen molar-refractivity contribution in [2.24, 2.45) is 28.6 Å². The molecule has 2 unspecified atom stereocenters. The first-order chi connectivity index (χ1) is 16.6. The van der Waals surface area contributed by atoms with Crippen molar-refractivity contribution in [1.29, 1.82) is 0 Å². The highest BCUT2D eigenvalue weighted by molar-refractivity contribution is 6.29.